The van der Waals surface area contributed by atoms with Crippen molar-refractivity contribution >= 4 is 17.7 Å². The summed E-state index contributed by atoms with van der Waals surface area (Å²) in [5.74, 6) is -2.18. The van der Waals surface area contributed by atoms with E-state index in [0.717, 1.165) is 0 Å². The summed E-state index contributed by atoms with van der Waals surface area (Å²) >= 11 is 0. The molecule has 0 fully saturated rings. The van der Waals surface area contributed by atoms with E-state index in [2.05, 4.69) is 24.9 Å². The molecule has 8 nitrogen and oxygen atoms in total. The van der Waals surface area contributed by atoms with Crippen LogP contribution in [0.25, 0.3) is 0 Å². The monoisotopic (exact) mass is 240 g/mol. The van der Waals surface area contributed by atoms with Gasteiger partial charge < -0.3 is 19.5 Å². The van der Waals surface area contributed by atoms with Gasteiger partial charge in [-0.2, -0.15) is 5.10 Å². The number of rotatable bonds is 6. The molecule has 1 rings (SSSR count). The molecule has 0 saturated carbocycles. The third kappa shape index (κ3) is 3.93. The molecule has 1 heterocycles. The normalized spacial score (nSPS) is 11.0. The third-order valence-corrected chi connectivity index (χ3v) is 1.59. The highest BCUT2D eigenvalue weighted by atomic mass is 16.7. The quantitative estimate of drug-likeness (QED) is 0.365. The summed E-state index contributed by atoms with van der Waals surface area (Å²) < 4.78 is 4.56. The maximum absolute atomic E-state index is 10.9. The predicted molar refractivity (Wildman–Crippen MR) is 52.7 cm³/mol. The van der Waals surface area contributed by atoms with Crippen LogP contribution in [0.1, 0.15) is 12.6 Å². The summed E-state index contributed by atoms with van der Waals surface area (Å²) in [5.41, 5.74) is -0.361. The molecule has 8 heteroatoms. The van der Waals surface area contributed by atoms with Gasteiger partial charge in [-0.05, 0) is 13.0 Å². The van der Waals surface area contributed by atoms with Gasteiger partial charge in [0.2, 0.25) is 6.61 Å². The summed E-state index contributed by atoms with van der Waals surface area (Å²) in [5, 5.41) is 19.9. The van der Waals surface area contributed by atoms with Crippen LogP contribution >= 0.6 is 0 Å². The first kappa shape index (κ1) is 12.7. The summed E-state index contributed by atoms with van der Waals surface area (Å²) in [4.78, 5) is 26.1. The number of carbonyl (C=O) groups excluding carboxylic acids is 2. The van der Waals surface area contributed by atoms with Gasteiger partial charge in [0.15, 0.2) is 5.71 Å². The van der Waals surface area contributed by atoms with E-state index in [4.69, 9.17) is 0 Å². The van der Waals surface area contributed by atoms with Crippen LogP contribution in [-0.2, 0) is 19.2 Å². The number of aliphatic carboxylic acids is 1. The van der Waals surface area contributed by atoms with E-state index in [-0.39, 0.29) is 12.3 Å². The molecule has 0 amide bonds. The Kier molecular flexibility index (Phi) is 4.67. The van der Waals surface area contributed by atoms with Crippen molar-refractivity contribution in [3.63, 3.8) is 0 Å². The lowest BCUT2D eigenvalue weighted by Gasteiger charge is -2.05. The molecule has 0 atom stereocenters. The summed E-state index contributed by atoms with van der Waals surface area (Å²) in [6.07, 6.45) is 1.35. The van der Waals surface area contributed by atoms with Crippen molar-refractivity contribution < 1.29 is 24.3 Å². The zero-order valence-electron chi connectivity index (χ0n) is 9.00. The van der Waals surface area contributed by atoms with E-state index in [1.165, 1.54) is 12.3 Å². The van der Waals surface area contributed by atoms with Crippen LogP contribution in [-0.4, -0.2) is 41.1 Å². The first-order valence-corrected chi connectivity index (χ1v) is 4.71. The Morgan fingerprint density at radius 1 is 1.59 bits per heavy atom. The van der Waals surface area contributed by atoms with Crippen molar-refractivity contribution in [3.8, 4) is 0 Å². The predicted octanol–water partition coefficient (Wildman–Crippen LogP) is -1.56. The fraction of sp³-hybridized carbons (Fsp3) is 0.333. The number of ether oxygens (including phenoxy) is 1. The Morgan fingerprint density at radius 2 is 2.35 bits per heavy atom. The maximum atomic E-state index is 10.9. The lowest BCUT2D eigenvalue weighted by molar-refractivity contribution is -0.294. The SMILES string of the molecule is CCOC(=O)CO/N=C(\C(=O)[O-])c1ccn[nH]1. The minimum atomic E-state index is -1.54. The molecule has 0 aliphatic carbocycles. The zero-order chi connectivity index (χ0) is 12.7. The van der Waals surface area contributed by atoms with Crippen molar-refractivity contribution in [1.29, 1.82) is 0 Å². The number of carboxylic acids is 1. The molecule has 0 radical (unpaired) electrons. The highest BCUT2D eigenvalue weighted by molar-refractivity contribution is 6.40. The highest BCUT2D eigenvalue weighted by Gasteiger charge is 2.08. The number of aromatic amines is 1. The minimum Gasteiger partial charge on any atom is -0.543 e. The van der Waals surface area contributed by atoms with E-state index < -0.39 is 24.3 Å². The van der Waals surface area contributed by atoms with Crippen LogP contribution in [0.3, 0.4) is 0 Å². The largest absolute Gasteiger partial charge is 0.543 e. The van der Waals surface area contributed by atoms with Crippen molar-refractivity contribution in [2.75, 3.05) is 13.2 Å². The molecule has 0 aliphatic heterocycles. The van der Waals surface area contributed by atoms with Crippen LogP contribution in [0.5, 0.6) is 0 Å². The second kappa shape index (κ2) is 6.26. The second-order valence-corrected chi connectivity index (χ2v) is 2.78. The first-order valence-electron chi connectivity index (χ1n) is 4.71. The van der Waals surface area contributed by atoms with Crippen LogP contribution in [0.2, 0.25) is 0 Å². The molecule has 1 aromatic rings. The molecule has 0 spiro atoms. The van der Waals surface area contributed by atoms with E-state index >= 15 is 0 Å². The van der Waals surface area contributed by atoms with Gasteiger partial charge in [0.1, 0.15) is 0 Å². The van der Waals surface area contributed by atoms with Crippen molar-refractivity contribution in [2.45, 2.75) is 6.92 Å². The van der Waals surface area contributed by atoms with Crippen LogP contribution in [0.4, 0.5) is 0 Å². The van der Waals surface area contributed by atoms with Gasteiger partial charge in [-0.25, -0.2) is 4.79 Å². The number of H-pyrrole nitrogens is 1. The molecule has 0 saturated heterocycles. The number of esters is 1. The van der Waals surface area contributed by atoms with Crippen LogP contribution in [0, 0.1) is 0 Å². The smallest absolute Gasteiger partial charge is 0.347 e. The Morgan fingerprint density at radius 3 is 2.88 bits per heavy atom. The molecule has 92 valence electrons. The number of hydrogen-bond acceptors (Lipinski definition) is 7. The third-order valence-electron chi connectivity index (χ3n) is 1.59. The van der Waals surface area contributed by atoms with E-state index in [9.17, 15) is 14.7 Å². The number of oxime groups is 1. The number of aromatic nitrogens is 2. The maximum Gasteiger partial charge on any atom is 0.347 e. The topological polar surface area (TPSA) is 117 Å². The number of carbonyl (C=O) groups is 2. The Labute approximate surface area is 96.2 Å². The highest BCUT2D eigenvalue weighted by Crippen LogP contribution is 1.96. The van der Waals surface area contributed by atoms with E-state index in [1.807, 2.05) is 0 Å². The van der Waals surface area contributed by atoms with Gasteiger partial charge in [0.05, 0.1) is 18.3 Å². The first-order chi connectivity index (χ1) is 8.15. The summed E-state index contributed by atoms with van der Waals surface area (Å²) in [7, 11) is 0. The van der Waals surface area contributed by atoms with Crippen molar-refractivity contribution in [2.24, 2.45) is 5.16 Å². The average Bonchev–Trinajstić information content (AvgIpc) is 2.77. The lowest BCUT2D eigenvalue weighted by Crippen LogP contribution is -2.33. The summed E-state index contributed by atoms with van der Waals surface area (Å²) in [6, 6.07) is 1.38. The van der Waals surface area contributed by atoms with E-state index in [0.29, 0.717) is 0 Å². The second-order valence-electron chi connectivity index (χ2n) is 2.78. The van der Waals surface area contributed by atoms with Crippen molar-refractivity contribution in [3.05, 3.63) is 18.0 Å². The number of hydrogen-bond donors (Lipinski definition) is 1. The molecular formula is C9H10N3O5-. The number of nitrogens with one attached hydrogen (secondary N) is 1. The van der Waals surface area contributed by atoms with Crippen LogP contribution in [0.15, 0.2) is 17.4 Å². The molecule has 0 aliphatic rings. The lowest BCUT2D eigenvalue weighted by atomic mass is 10.3. The van der Waals surface area contributed by atoms with Gasteiger partial charge in [-0.1, -0.05) is 5.16 Å². The minimum absolute atomic E-state index is 0.119. The standard InChI is InChI=1S/C9H11N3O5/c1-2-16-7(13)5-17-12-8(9(14)15)6-3-4-10-11-6/h3-4H,2,5H2,1H3,(H,10,11)(H,14,15)/p-1/b12-8-. The van der Waals surface area contributed by atoms with Gasteiger partial charge in [0.25, 0.3) is 0 Å². The Bertz CT molecular complexity index is 412. The van der Waals surface area contributed by atoms with Crippen LogP contribution < -0.4 is 5.11 Å². The molecule has 17 heavy (non-hydrogen) atoms. The molecule has 0 bridgehead atoms. The van der Waals surface area contributed by atoms with Gasteiger partial charge in [-0.3, -0.25) is 5.10 Å². The zero-order valence-corrected chi connectivity index (χ0v) is 9.00. The molecule has 0 aromatic carbocycles. The molecule has 0 unspecified atom stereocenters. The van der Waals surface area contributed by atoms with E-state index in [1.54, 1.807) is 6.92 Å². The summed E-state index contributed by atoms with van der Waals surface area (Å²) in [6.45, 7) is 1.37. The Balaban J connectivity index is 2.60. The fourth-order valence-corrected chi connectivity index (χ4v) is 0.936. The van der Waals surface area contributed by atoms with Crippen molar-refractivity contribution in [1.82, 2.24) is 10.2 Å². The number of carboxylic acid groups (broad SMARTS) is 1. The molecule has 1 N–H and O–H groups in total. The van der Waals surface area contributed by atoms with Gasteiger partial charge in [-0.15, -0.1) is 0 Å². The average molecular weight is 240 g/mol. The van der Waals surface area contributed by atoms with Gasteiger partial charge in [0, 0.05) is 6.20 Å². The molecular weight excluding hydrogens is 230 g/mol. The fourth-order valence-electron chi connectivity index (χ4n) is 0.936. The molecule has 1 aromatic heterocycles. The Hall–Kier alpha value is -2.38. The number of nitrogens with zero attached hydrogens (tertiary/aromatic N) is 2. The van der Waals surface area contributed by atoms with Gasteiger partial charge >= 0.3 is 5.97 Å².